The van der Waals surface area contributed by atoms with Gasteiger partial charge in [-0.3, -0.25) is 18.6 Å². The number of hydrogen-bond acceptors (Lipinski definition) is 8. The predicted molar refractivity (Wildman–Crippen MR) is 211 cm³/mol. The fourth-order valence-corrected chi connectivity index (χ4v) is 6.02. The summed E-state index contributed by atoms with van der Waals surface area (Å²) >= 11 is 0. The maximum absolute atomic E-state index is 12.6. The molecule has 0 aromatic heterocycles. The van der Waals surface area contributed by atoms with Crippen molar-refractivity contribution in [3.05, 3.63) is 36.5 Å². The van der Waals surface area contributed by atoms with Crippen molar-refractivity contribution in [2.24, 2.45) is 0 Å². The van der Waals surface area contributed by atoms with Gasteiger partial charge in [-0.05, 0) is 65.5 Å². The van der Waals surface area contributed by atoms with E-state index in [1.165, 1.54) is 83.5 Å². The summed E-state index contributed by atoms with van der Waals surface area (Å²) in [6, 6.07) is 0. The lowest BCUT2D eigenvalue weighted by molar-refractivity contribution is -0.161. The van der Waals surface area contributed by atoms with E-state index in [2.05, 4.69) is 50.3 Å². The Labute approximate surface area is 312 Å². The van der Waals surface area contributed by atoms with Crippen LogP contribution in [-0.4, -0.2) is 68.3 Å². The Balaban J connectivity index is 4.40. The van der Waals surface area contributed by atoms with Crippen LogP contribution in [-0.2, 0) is 32.7 Å². The van der Waals surface area contributed by atoms with Gasteiger partial charge in [0.25, 0.3) is 0 Å². The van der Waals surface area contributed by atoms with Crippen molar-refractivity contribution in [3.8, 4) is 0 Å². The predicted octanol–water partition coefficient (Wildman–Crippen LogP) is 11.2. The molecular weight excluding hydrogens is 665 g/mol. The van der Waals surface area contributed by atoms with E-state index < -0.39 is 26.5 Å². The number of ether oxygens (including phenoxy) is 2. The number of likely N-dealkylation sites (N-methyl/N-ethyl adjacent to an activating group) is 1. The highest BCUT2D eigenvalue weighted by Crippen LogP contribution is 2.43. The summed E-state index contributed by atoms with van der Waals surface area (Å²) in [5.41, 5.74) is 0. The van der Waals surface area contributed by atoms with E-state index in [1.54, 1.807) is 0 Å². The standard InChI is InChI=1S/C41H76NO8P/c1-5-7-9-11-13-15-17-19-20-22-24-26-28-30-32-34-41(44)50-39(38-49-51(45,46)48-36-35-42(3)4)37-47-40(43)33-31-29-27-25-23-21-18-16-14-12-10-8-6-2/h13,15,19-20,24,26,39H,5-12,14,16-18,21-23,25,27-38H2,1-4H3,(H,45,46)/b15-13-,20-19-,26-24-. The van der Waals surface area contributed by atoms with Crippen molar-refractivity contribution >= 4 is 19.8 Å². The van der Waals surface area contributed by atoms with Crippen LogP contribution in [0.4, 0.5) is 0 Å². The largest absolute Gasteiger partial charge is 0.472 e. The van der Waals surface area contributed by atoms with E-state index in [0.717, 1.165) is 51.4 Å². The summed E-state index contributed by atoms with van der Waals surface area (Å²) in [5.74, 6) is -0.846. The average Bonchev–Trinajstić information content (AvgIpc) is 3.09. The molecule has 0 saturated carbocycles. The molecule has 0 heterocycles. The number of esters is 2. The van der Waals surface area contributed by atoms with Gasteiger partial charge in [-0.25, -0.2) is 4.57 Å². The van der Waals surface area contributed by atoms with E-state index in [1.807, 2.05) is 19.0 Å². The van der Waals surface area contributed by atoms with Crippen LogP contribution in [0, 0.1) is 0 Å². The first-order valence-electron chi connectivity index (χ1n) is 20.3. The van der Waals surface area contributed by atoms with Crippen molar-refractivity contribution < 1.29 is 37.6 Å². The maximum atomic E-state index is 12.6. The molecule has 0 fully saturated rings. The minimum Gasteiger partial charge on any atom is -0.462 e. The molecule has 0 radical (unpaired) electrons. The highest BCUT2D eigenvalue weighted by Gasteiger charge is 2.26. The monoisotopic (exact) mass is 742 g/mol. The molecule has 0 saturated heterocycles. The number of unbranched alkanes of at least 4 members (excludes halogenated alkanes) is 17. The van der Waals surface area contributed by atoms with Crippen molar-refractivity contribution in [1.82, 2.24) is 4.90 Å². The molecular formula is C41H76NO8P. The van der Waals surface area contributed by atoms with Gasteiger partial charge in [0.15, 0.2) is 6.10 Å². The van der Waals surface area contributed by atoms with Crippen LogP contribution in [0.5, 0.6) is 0 Å². The molecule has 0 bridgehead atoms. The Hall–Kier alpha value is -1.77. The van der Waals surface area contributed by atoms with Gasteiger partial charge < -0.3 is 19.3 Å². The first kappa shape index (κ1) is 49.2. The van der Waals surface area contributed by atoms with Gasteiger partial charge in [0, 0.05) is 19.4 Å². The first-order valence-corrected chi connectivity index (χ1v) is 21.8. The normalized spacial score (nSPS) is 13.8. The number of allylic oxidation sites excluding steroid dienone is 6. The SMILES string of the molecule is CCCCC/C=C\C/C=C\C/C=C\CCCCC(=O)OC(COC(=O)CCCCCCCCCCCCCCC)COP(=O)(O)OCCN(C)C. The molecule has 0 rings (SSSR count). The molecule has 9 nitrogen and oxygen atoms in total. The zero-order valence-electron chi connectivity index (χ0n) is 33.0. The lowest BCUT2D eigenvalue weighted by Crippen LogP contribution is -2.29. The van der Waals surface area contributed by atoms with Gasteiger partial charge in [-0.15, -0.1) is 0 Å². The van der Waals surface area contributed by atoms with Crippen LogP contribution < -0.4 is 0 Å². The minimum atomic E-state index is -4.37. The Morgan fingerprint density at radius 2 is 1.06 bits per heavy atom. The second-order valence-electron chi connectivity index (χ2n) is 13.8. The number of nitrogens with zero attached hydrogens (tertiary/aromatic N) is 1. The van der Waals surface area contributed by atoms with Crippen LogP contribution in [0.3, 0.4) is 0 Å². The summed E-state index contributed by atoms with van der Waals surface area (Å²) in [7, 11) is -0.729. The third-order valence-electron chi connectivity index (χ3n) is 8.45. The zero-order valence-corrected chi connectivity index (χ0v) is 33.9. The Morgan fingerprint density at radius 1 is 0.608 bits per heavy atom. The molecule has 51 heavy (non-hydrogen) atoms. The number of rotatable bonds is 37. The van der Waals surface area contributed by atoms with Gasteiger partial charge >= 0.3 is 19.8 Å². The number of phosphoric ester groups is 1. The molecule has 1 N–H and O–H groups in total. The smallest absolute Gasteiger partial charge is 0.462 e. The van der Waals surface area contributed by atoms with Crippen LogP contribution in [0.1, 0.15) is 168 Å². The molecule has 0 amide bonds. The lowest BCUT2D eigenvalue weighted by atomic mass is 10.0. The molecule has 0 aliphatic heterocycles. The molecule has 2 atom stereocenters. The fourth-order valence-electron chi connectivity index (χ4n) is 5.28. The Morgan fingerprint density at radius 3 is 1.61 bits per heavy atom. The van der Waals surface area contributed by atoms with Crippen LogP contribution in [0.25, 0.3) is 0 Å². The van der Waals surface area contributed by atoms with E-state index in [0.29, 0.717) is 13.0 Å². The molecule has 0 aromatic carbocycles. The Bertz CT molecular complexity index is 952. The van der Waals surface area contributed by atoms with Crippen molar-refractivity contribution in [2.45, 2.75) is 174 Å². The maximum Gasteiger partial charge on any atom is 0.472 e. The second-order valence-corrected chi connectivity index (χ2v) is 15.3. The van der Waals surface area contributed by atoms with Gasteiger partial charge in [0.2, 0.25) is 0 Å². The van der Waals surface area contributed by atoms with Crippen molar-refractivity contribution in [1.29, 1.82) is 0 Å². The molecule has 10 heteroatoms. The molecule has 298 valence electrons. The zero-order chi connectivity index (χ0) is 37.7. The van der Waals surface area contributed by atoms with E-state index in [-0.39, 0.29) is 32.0 Å². The van der Waals surface area contributed by atoms with Gasteiger partial charge in [0.1, 0.15) is 6.61 Å². The first-order chi connectivity index (χ1) is 24.7. The van der Waals surface area contributed by atoms with Crippen LogP contribution in [0.2, 0.25) is 0 Å². The highest BCUT2D eigenvalue weighted by atomic mass is 31.2. The summed E-state index contributed by atoms with van der Waals surface area (Å²) in [6.07, 6.45) is 37.6. The quantitative estimate of drug-likeness (QED) is 0.0288. The highest BCUT2D eigenvalue weighted by molar-refractivity contribution is 7.47. The summed E-state index contributed by atoms with van der Waals surface area (Å²) < 4.78 is 33.3. The van der Waals surface area contributed by atoms with Gasteiger partial charge in [0.05, 0.1) is 13.2 Å². The van der Waals surface area contributed by atoms with Crippen LogP contribution >= 0.6 is 7.82 Å². The number of hydrogen-bond donors (Lipinski definition) is 1. The summed E-state index contributed by atoms with van der Waals surface area (Å²) in [6.45, 7) is 4.24. The molecule has 0 aromatic rings. The van der Waals surface area contributed by atoms with Crippen LogP contribution in [0.15, 0.2) is 36.5 Å². The molecule has 2 unspecified atom stereocenters. The Kier molecular flexibility index (Phi) is 35.3. The summed E-state index contributed by atoms with van der Waals surface area (Å²) in [5, 5.41) is 0. The molecule has 0 spiro atoms. The third kappa shape index (κ3) is 37.8. The molecule has 0 aliphatic rings. The third-order valence-corrected chi connectivity index (χ3v) is 9.43. The topological polar surface area (TPSA) is 112 Å². The van der Waals surface area contributed by atoms with Gasteiger partial charge in [-0.2, -0.15) is 0 Å². The number of phosphoric acid groups is 1. The second kappa shape index (κ2) is 36.6. The number of carbonyl (C=O) groups is 2. The van der Waals surface area contributed by atoms with E-state index in [9.17, 15) is 19.0 Å². The summed E-state index contributed by atoms with van der Waals surface area (Å²) in [4.78, 5) is 36.9. The van der Waals surface area contributed by atoms with Gasteiger partial charge in [-0.1, -0.05) is 140 Å². The molecule has 0 aliphatic carbocycles. The number of carbonyl (C=O) groups excluding carboxylic acids is 2. The average molecular weight is 742 g/mol. The van der Waals surface area contributed by atoms with E-state index in [4.69, 9.17) is 18.5 Å². The lowest BCUT2D eigenvalue weighted by Gasteiger charge is -2.20. The van der Waals surface area contributed by atoms with Crippen molar-refractivity contribution in [2.75, 3.05) is 40.5 Å². The van der Waals surface area contributed by atoms with E-state index >= 15 is 0 Å². The minimum absolute atomic E-state index is 0.000609. The van der Waals surface area contributed by atoms with Crippen molar-refractivity contribution in [3.63, 3.8) is 0 Å². The fraction of sp³-hybridized carbons (Fsp3) is 0.805.